The normalized spacial score (nSPS) is 20.2. The second kappa shape index (κ2) is 4.84. The second-order valence-electron chi connectivity index (χ2n) is 4.03. The minimum Gasteiger partial charge on any atom is -0.314 e. The highest BCUT2D eigenvalue weighted by molar-refractivity contribution is 6.30. The molecule has 5 nitrogen and oxygen atoms in total. The molecule has 0 spiro atoms. The zero-order chi connectivity index (χ0) is 11.5. The van der Waals surface area contributed by atoms with Gasteiger partial charge in [0.2, 0.25) is 0 Å². The van der Waals surface area contributed by atoms with Crippen LogP contribution in [-0.4, -0.2) is 22.6 Å². The summed E-state index contributed by atoms with van der Waals surface area (Å²) in [6, 6.07) is 0.471. The molecule has 0 saturated carbocycles. The van der Waals surface area contributed by atoms with Crippen LogP contribution in [0.5, 0.6) is 0 Å². The maximum Gasteiger partial charge on any atom is 0.325 e. The van der Waals surface area contributed by atoms with E-state index < -0.39 is 11.2 Å². The summed E-state index contributed by atoms with van der Waals surface area (Å²) in [5, 5.41) is 3.45. The summed E-state index contributed by atoms with van der Waals surface area (Å²) in [5.41, 5.74) is -0.479. The molecule has 0 radical (unpaired) electrons. The number of aromatic nitrogens is 2. The Morgan fingerprint density at radius 2 is 2.12 bits per heavy atom. The lowest BCUT2D eigenvalue weighted by Gasteiger charge is -2.09. The Kier molecular flexibility index (Phi) is 3.46. The topological polar surface area (TPSA) is 77.8 Å². The van der Waals surface area contributed by atoms with Crippen molar-refractivity contribution in [2.24, 2.45) is 0 Å². The van der Waals surface area contributed by atoms with E-state index in [1.807, 2.05) is 0 Å². The Hall–Kier alpha value is -1.07. The Morgan fingerprint density at radius 1 is 1.31 bits per heavy atom. The van der Waals surface area contributed by atoms with Gasteiger partial charge in [0, 0.05) is 11.7 Å². The van der Waals surface area contributed by atoms with Gasteiger partial charge in [-0.15, -0.1) is 0 Å². The van der Waals surface area contributed by atoms with Gasteiger partial charge in [0.15, 0.2) is 0 Å². The van der Waals surface area contributed by atoms with Crippen molar-refractivity contribution < 1.29 is 0 Å². The molecule has 2 rings (SSSR count). The molecule has 1 aliphatic heterocycles. The molecule has 3 N–H and O–H groups in total. The smallest absolute Gasteiger partial charge is 0.314 e. The molecule has 1 fully saturated rings. The van der Waals surface area contributed by atoms with E-state index in [0.29, 0.717) is 18.2 Å². The Balaban J connectivity index is 2.08. The molecule has 1 unspecified atom stereocenters. The van der Waals surface area contributed by atoms with Gasteiger partial charge in [0.25, 0.3) is 5.56 Å². The zero-order valence-electron chi connectivity index (χ0n) is 8.81. The first-order valence-electron chi connectivity index (χ1n) is 5.41. The van der Waals surface area contributed by atoms with Crippen molar-refractivity contribution in [3.05, 3.63) is 31.6 Å². The van der Waals surface area contributed by atoms with Crippen LogP contribution in [0.15, 0.2) is 9.59 Å². The molecule has 16 heavy (non-hydrogen) atoms. The van der Waals surface area contributed by atoms with Gasteiger partial charge in [-0.3, -0.25) is 9.78 Å². The van der Waals surface area contributed by atoms with Crippen LogP contribution in [0.2, 0.25) is 5.02 Å². The summed E-state index contributed by atoms with van der Waals surface area (Å²) in [4.78, 5) is 27.0. The third-order valence-corrected chi connectivity index (χ3v) is 3.26. The number of aromatic amines is 2. The predicted molar refractivity (Wildman–Crippen MR) is 62.0 cm³/mol. The first-order valence-corrected chi connectivity index (χ1v) is 5.79. The molecule has 1 saturated heterocycles. The molecule has 1 aromatic heterocycles. The van der Waals surface area contributed by atoms with Gasteiger partial charge in [0.05, 0.1) is 0 Å². The summed E-state index contributed by atoms with van der Waals surface area (Å²) in [7, 11) is 0. The average Bonchev–Trinajstić information content (AvgIpc) is 2.74. The number of hydrogen-bond donors (Lipinski definition) is 3. The number of aryl methyl sites for hydroxylation is 1. The lowest BCUT2D eigenvalue weighted by Crippen LogP contribution is -2.26. The second-order valence-corrected chi connectivity index (χ2v) is 4.41. The van der Waals surface area contributed by atoms with Gasteiger partial charge >= 0.3 is 5.69 Å². The van der Waals surface area contributed by atoms with E-state index in [4.69, 9.17) is 11.6 Å². The maximum absolute atomic E-state index is 11.2. The summed E-state index contributed by atoms with van der Waals surface area (Å²) in [5.74, 6) is 0. The molecule has 2 heterocycles. The van der Waals surface area contributed by atoms with Crippen LogP contribution in [0.25, 0.3) is 0 Å². The summed E-state index contributed by atoms with van der Waals surface area (Å²) in [6.45, 7) is 1.05. The SMILES string of the molecule is O=c1[nH]c(CCC2CCCN2)c(Cl)c(=O)[nH]1. The molecule has 1 atom stereocenters. The van der Waals surface area contributed by atoms with E-state index >= 15 is 0 Å². The predicted octanol–water partition coefficient (Wildman–Crippen LogP) is 0.401. The monoisotopic (exact) mass is 243 g/mol. The largest absolute Gasteiger partial charge is 0.325 e. The van der Waals surface area contributed by atoms with Gasteiger partial charge in [-0.2, -0.15) is 0 Å². The van der Waals surface area contributed by atoms with Crippen molar-refractivity contribution in [3.8, 4) is 0 Å². The van der Waals surface area contributed by atoms with Crippen molar-refractivity contribution in [1.29, 1.82) is 0 Å². The van der Waals surface area contributed by atoms with Crippen molar-refractivity contribution in [2.45, 2.75) is 31.7 Å². The highest BCUT2D eigenvalue weighted by Crippen LogP contribution is 2.14. The molecule has 88 valence electrons. The summed E-state index contributed by atoms with van der Waals surface area (Å²) >= 11 is 5.82. The minimum atomic E-state index is -0.514. The van der Waals surface area contributed by atoms with Crippen LogP contribution in [0, 0.1) is 0 Å². The van der Waals surface area contributed by atoms with Crippen LogP contribution < -0.4 is 16.6 Å². The van der Waals surface area contributed by atoms with Gasteiger partial charge in [-0.05, 0) is 32.2 Å². The maximum atomic E-state index is 11.2. The lowest BCUT2D eigenvalue weighted by atomic mass is 10.1. The highest BCUT2D eigenvalue weighted by atomic mass is 35.5. The molecule has 1 aliphatic rings. The van der Waals surface area contributed by atoms with E-state index in [0.717, 1.165) is 19.4 Å². The number of nitrogens with one attached hydrogen (secondary N) is 3. The Morgan fingerprint density at radius 3 is 2.81 bits per heavy atom. The fraction of sp³-hybridized carbons (Fsp3) is 0.600. The van der Waals surface area contributed by atoms with Crippen LogP contribution in [-0.2, 0) is 6.42 Å². The fourth-order valence-electron chi connectivity index (χ4n) is 2.01. The van der Waals surface area contributed by atoms with Crippen molar-refractivity contribution in [2.75, 3.05) is 6.54 Å². The first-order chi connectivity index (χ1) is 7.66. The number of hydrogen-bond acceptors (Lipinski definition) is 3. The van der Waals surface area contributed by atoms with Crippen molar-refractivity contribution >= 4 is 11.6 Å². The number of rotatable bonds is 3. The summed E-state index contributed by atoms with van der Waals surface area (Å²) in [6.07, 6.45) is 3.84. The Labute approximate surface area is 97.2 Å². The first kappa shape index (κ1) is 11.4. The number of halogens is 1. The van der Waals surface area contributed by atoms with Gasteiger partial charge < -0.3 is 10.3 Å². The molecule has 0 aliphatic carbocycles. The molecule has 0 amide bonds. The van der Waals surface area contributed by atoms with E-state index in [9.17, 15) is 9.59 Å². The van der Waals surface area contributed by atoms with E-state index in [1.165, 1.54) is 6.42 Å². The number of H-pyrrole nitrogens is 2. The fourth-order valence-corrected chi connectivity index (χ4v) is 2.20. The van der Waals surface area contributed by atoms with Gasteiger partial charge in [-0.1, -0.05) is 11.6 Å². The minimum absolute atomic E-state index is 0.0950. The molecule has 1 aromatic rings. The van der Waals surface area contributed by atoms with Crippen LogP contribution in [0.4, 0.5) is 0 Å². The quantitative estimate of drug-likeness (QED) is 0.719. The molecule has 6 heteroatoms. The lowest BCUT2D eigenvalue weighted by molar-refractivity contribution is 0.554. The molecule has 0 aromatic carbocycles. The molecular weight excluding hydrogens is 230 g/mol. The van der Waals surface area contributed by atoms with Gasteiger partial charge in [-0.25, -0.2) is 4.79 Å². The van der Waals surface area contributed by atoms with Crippen LogP contribution >= 0.6 is 11.6 Å². The van der Waals surface area contributed by atoms with E-state index in [2.05, 4.69) is 15.3 Å². The third kappa shape index (κ3) is 2.54. The van der Waals surface area contributed by atoms with E-state index in [-0.39, 0.29) is 5.02 Å². The van der Waals surface area contributed by atoms with Crippen LogP contribution in [0.1, 0.15) is 25.0 Å². The van der Waals surface area contributed by atoms with E-state index in [1.54, 1.807) is 0 Å². The molecular formula is C10H14ClN3O2. The van der Waals surface area contributed by atoms with Crippen LogP contribution in [0.3, 0.4) is 0 Å². The zero-order valence-corrected chi connectivity index (χ0v) is 9.56. The van der Waals surface area contributed by atoms with Gasteiger partial charge in [0.1, 0.15) is 5.02 Å². The Bertz CT molecular complexity index is 474. The standard InChI is InChI=1S/C10H14ClN3O2/c11-8-7(13-10(16)14-9(8)15)4-3-6-2-1-5-12-6/h6,12H,1-5H2,(H2,13,14,15,16). The average molecular weight is 244 g/mol. The summed E-state index contributed by atoms with van der Waals surface area (Å²) < 4.78 is 0. The van der Waals surface area contributed by atoms with Crippen molar-refractivity contribution in [1.82, 2.24) is 15.3 Å². The highest BCUT2D eigenvalue weighted by Gasteiger charge is 2.15. The molecule has 0 bridgehead atoms. The third-order valence-electron chi connectivity index (χ3n) is 2.86. The van der Waals surface area contributed by atoms with Crippen molar-refractivity contribution in [3.63, 3.8) is 0 Å².